The maximum absolute atomic E-state index is 14.1. The number of nitrogens with two attached hydrogens (primary N) is 1. The van der Waals surface area contributed by atoms with E-state index in [9.17, 15) is 39.6 Å². The minimum absolute atomic E-state index is 0.00794. The zero-order chi connectivity index (χ0) is 31.5. The lowest BCUT2D eigenvalue weighted by atomic mass is 9.57. The minimum atomic E-state index is -2.72. The summed E-state index contributed by atoms with van der Waals surface area (Å²) in [6, 6.07) is 0.452. The fourth-order valence-electron chi connectivity index (χ4n) is 6.94. The van der Waals surface area contributed by atoms with Crippen LogP contribution in [0.4, 0.5) is 11.4 Å². The van der Waals surface area contributed by atoms with E-state index in [0.717, 1.165) is 24.6 Å². The number of likely N-dealkylation sites (N-methyl/N-ethyl adjacent to an activating group) is 1. The summed E-state index contributed by atoms with van der Waals surface area (Å²) >= 11 is 1.81. The number of carbonyl (C=O) groups is 4. The summed E-state index contributed by atoms with van der Waals surface area (Å²) in [6.45, 7) is 1.64. The van der Waals surface area contributed by atoms with Gasteiger partial charge in [-0.15, -0.1) is 0 Å². The van der Waals surface area contributed by atoms with Crippen LogP contribution in [0.5, 0.6) is 5.75 Å². The number of anilines is 2. The minimum Gasteiger partial charge on any atom is -0.508 e. The first-order valence-electron chi connectivity index (χ1n) is 14.0. The highest BCUT2D eigenvalue weighted by Gasteiger charge is 2.64. The van der Waals surface area contributed by atoms with Crippen LogP contribution >= 0.6 is 11.8 Å². The molecule has 5 rings (SSSR count). The van der Waals surface area contributed by atoms with Crippen LogP contribution in [0.2, 0.25) is 0 Å². The van der Waals surface area contributed by atoms with E-state index < -0.39 is 63.8 Å². The third-order valence-electron chi connectivity index (χ3n) is 8.92. The Bertz CT molecular complexity index is 1480. The molecule has 0 bridgehead atoms. The number of carbonyl (C=O) groups excluding carboxylic acids is 4. The first-order valence-corrected chi connectivity index (χ1v) is 15.2. The fourth-order valence-corrected chi connectivity index (χ4v) is 7.92. The van der Waals surface area contributed by atoms with Crippen molar-refractivity contribution in [3.63, 3.8) is 0 Å². The molecule has 7 N–H and O–H groups in total. The third kappa shape index (κ3) is 4.86. The van der Waals surface area contributed by atoms with E-state index in [1.54, 1.807) is 39.2 Å². The van der Waals surface area contributed by atoms with Crippen LogP contribution < -0.4 is 16.0 Å². The second kappa shape index (κ2) is 11.2. The predicted octanol–water partition coefficient (Wildman–Crippen LogP) is 0.0173. The second-order valence-corrected chi connectivity index (χ2v) is 13.2. The van der Waals surface area contributed by atoms with Gasteiger partial charge in [0.2, 0.25) is 11.7 Å². The number of aromatic hydroxyl groups is 1. The number of Topliss-reactive ketones (excluding diaryl/α,β-unsaturated/α-hetero) is 2. The van der Waals surface area contributed by atoms with Crippen molar-refractivity contribution >= 4 is 52.3 Å². The predicted molar refractivity (Wildman–Crippen MR) is 161 cm³/mol. The molecule has 2 fully saturated rings. The normalized spacial score (nSPS) is 27.5. The van der Waals surface area contributed by atoms with E-state index >= 15 is 0 Å². The van der Waals surface area contributed by atoms with E-state index in [4.69, 9.17) is 5.73 Å². The van der Waals surface area contributed by atoms with Crippen LogP contribution in [0.3, 0.4) is 0 Å². The fraction of sp³-hybridized carbons (Fsp3) is 0.517. The van der Waals surface area contributed by atoms with Crippen molar-refractivity contribution < 1.29 is 39.6 Å². The van der Waals surface area contributed by atoms with Gasteiger partial charge < -0.3 is 36.4 Å². The van der Waals surface area contributed by atoms with Gasteiger partial charge in [0.15, 0.2) is 11.4 Å². The number of phenolic OH excluding ortho intramolecular Hbond substituents is 1. The molecule has 14 heteroatoms. The summed E-state index contributed by atoms with van der Waals surface area (Å²) in [4.78, 5) is 57.7. The van der Waals surface area contributed by atoms with E-state index in [1.165, 1.54) is 4.90 Å². The van der Waals surface area contributed by atoms with Crippen LogP contribution in [-0.4, -0.2) is 125 Å². The molecule has 1 heterocycles. The van der Waals surface area contributed by atoms with Gasteiger partial charge in [-0.25, -0.2) is 0 Å². The Morgan fingerprint density at radius 3 is 2.37 bits per heavy atom. The summed E-state index contributed by atoms with van der Waals surface area (Å²) in [7, 11) is 6.63. The Kier molecular flexibility index (Phi) is 8.01. The monoisotopic (exact) mass is 615 g/mol. The van der Waals surface area contributed by atoms with Gasteiger partial charge in [-0.3, -0.25) is 29.0 Å². The number of benzene rings is 1. The maximum atomic E-state index is 14.1. The van der Waals surface area contributed by atoms with Crippen molar-refractivity contribution in [1.29, 1.82) is 0 Å². The molecule has 4 aliphatic rings. The van der Waals surface area contributed by atoms with Crippen molar-refractivity contribution in [1.82, 2.24) is 9.80 Å². The molecule has 4 atom stereocenters. The Morgan fingerprint density at radius 1 is 1.14 bits per heavy atom. The number of nitrogens with zero attached hydrogens (tertiary/aromatic N) is 3. The Hall–Kier alpha value is -3.59. The lowest BCUT2D eigenvalue weighted by molar-refractivity contribution is -0.153. The Labute approximate surface area is 253 Å². The average Bonchev–Trinajstić information content (AvgIpc) is 2.92. The highest BCUT2D eigenvalue weighted by Crippen LogP contribution is 2.54. The molecular formula is C29H37N5O8S. The molecule has 0 aromatic heterocycles. The van der Waals surface area contributed by atoms with Crippen LogP contribution in [0.1, 0.15) is 17.5 Å². The van der Waals surface area contributed by atoms with Crippen molar-refractivity contribution in [3.05, 3.63) is 34.1 Å². The highest BCUT2D eigenvalue weighted by molar-refractivity contribution is 7.99. The van der Waals surface area contributed by atoms with Crippen molar-refractivity contribution in [2.75, 3.05) is 69.5 Å². The van der Waals surface area contributed by atoms with Gasteiger partial charge >= 0.3 is 0 Å². The number of aliphatic hydroxyl groups is 3. The number of thioether (sulfide) groups is 1. The molecule has 43 heavy (non-hydrogen) atoms. The first-order chi connectivity index (χ1) is 20.2. The molecule has 1 aromatic rings. The van der Waals surface area contributed by atoms with E-state index in [2.05, 4.69) is 5.32 Å². The van der Waals surface area contributed by atoms with Gasteiger partial charge in [0, 0.05) is 55.9 Å². The summed E-state index contributed by atoms with van der Waals surface area (Å²) in [5.41, 5.74) is 2.61. The van der Waals surface area contributed by atoms with Crippen LogP contribution in [0.25, 0.3) is 5.76 Å². The van der Waals surface area contributed by atoms with E-state index in [-0.39, 0.29) is 42.1 Å². The number of primary amides is 1. The van der Waals surface area contributed by atoms with Gasteiger partial charge in [-0.1, -0.05) is 0 Å². The number of aliphatic hydroxyl groups excluding tert-OH is 2. The SMILES string of the molecule is CN(C)c1cc(NC(=O)CN2CCSCC2)c(O)c2c1C[C@H]1C[C@H]3[C@H](N(C)C)C(=O)C(C(N)=O)=C(O)[C@@]3(O)C(=O)C1=C2O. The van der Waals surface area contributed by atoms with Crippen LogP contribution in [-0.2, 0) is 25.6 Å². The topological polar surface area (TPSA) is 197 Å². The third-order valence-corrected chi connectivity index (χ3v) is 9.87. The number of rotatable bonds is 6. The zero-order valence-corrected chi connectivity index (χ0v) is 25.3. The molecule has 1 aliphatic heterocycles. The number of nitrogens with one attached hydrogen (secondary N) is 1. The van der Waals surface area contributed by atoms with Gasteiger partial charge in [0.25, 0.3) is 5.91 Å². The van der Waals surface area contributed by atoms with Crippen LogP contribution in [0.15, 0.2) is 23.0 Å². The molecule has 1 saturated heterocycles. The van der Waals surface area contributed by atoms with Gasteiger partial charge in [0.05, 0.1) is 23.8 Å². The standard InChI is InChI=1S/C29H37N5O8S/c1-32(2)17-11-16(31-18(35)12-34-5-7-43-8-6-34)23(36)20-14(17)9-13-10-15-22(33(3)4)25(38)21(28(30)41)27(40)29(15,42)26(39)19(13)24(20)37/h11,13,15,22,36-37,40,42H,5-10,12H2,1-4H3,(H2,30,41)(H,31,35)/t13-,15-,22-,29-/m0/s1. The van der Waals surface area contributed by atoms with E-state index in [0.29, 0.717) is 11.3 Å². The number of ketones is 2. The largest absolute Gasteiger partial charge is 0.508 e. The lowest BCUT2D eigenvalue weighted by Crippen LogP contribution is -2.65. The smallest absolute Gasteiger partial charge is 0.255 e. The summed E-state index contributed by atoms with van der Waals surface area (Å²) < 4.78 is 0. The first kappa shape index (κ1) is 30.9. The van der Waals surface area contributed by atoms with Crippen molar-refractivity contribution in [2.45, 2.75) is 24.5 Å². The highest BCUT2D eigenvalue weighted by atomic mass is 32.2. The van der Waals surface area contributed by atoms with Crippen LogP contribution in [0, 0.1) is 11.8 Å². The average molecular weight is 616 g/mol. The molecule has 1 aromatic carbocycles. The number of amides is 2. The van der Waals surface area contributed by atoms with Gasteiger partial charge in [0.1, 0.15) is 22.8 Å². The molecule has 3 aliphatic carbocycles. The summed E-state index contributed by atoms with van der Waals surface area (Å²) in [5.74, 6) is -5.75. The Morgan fingerprint density at radius 2 is 1.79 bits per heavy atom. The van der Waals surface area contributed by atoms with Gasteiger partial charge in [-0.05, 0) is 44.5 Å². The zero-order valence-electron chi connectivity index (χ0n) is 24.5. The molecule has 0 spiro atoms. The quantitative estimate of drug-likeness (QED) is 0.186. The Balaban J connectivity index is 1.62. The number of hydrogen-bond acceptors (Lipinski definition) is 12. The summed E-state index contributed by atoms with van der Waals surface area (Å²) in [5, 5.41) is 48.5. The van der Waals surface area contributed by atoms with Gasteiger partial charge in [-0.2, -0.15) is 11.8 Å². The van der Waals surface area contributed by atoms with Crippen molar-refractivity contribution in [2.24, 2.45) is 17.6 Å². The second-order valence-electron chi connectivity index (χ2n) is 11.9. The molecule has 0 unspecified atom stereocenters. The number of hydrogen-bond donors (Lipinski definition) is 6. The number of fused-ring (bicyclic) bond motifs is 3. The molecule has 232 valence electrons. The molecular weight excluding hydrogens is 578 g/mol. The van der Waals surface area contributed by atoms with E-state index in [1.807, 2.05) is 16.7 Å². The van der Waals surface area contributed by atoms with Crippen molar-refractivity contribution in [3.8, 4) is 5.75 Å². The number of phenols is 1. The molecule has 1 saturated carbocycles. The molecule has 0 radical (unpaired) electrons. The lowest BCUT2D eigenvalue weighted by Gasteiger charge is -2.50. The summed E-state index contributed by atoms with van der Waals surface area (Å²) in [6.07, 6.45) is 0.140. The maximum Gasteiger partial charge on any atom is 0.255 e. The molecule has 2 amide bonds. The molecule has 13 nitrogen and oxygen atoms in total.